The van der Waals surface area contributed by atoms with Gasteiger partial charge in [-0.1, -0.05) is 25.5 Å². The van der Waals surface area contributed by atoms with Gasteiger partial charge in [0, 0.05) is 23.4 Å². The molecule has 0 fully saturated rings. The van der Waals surface area contributed by atoms with E-state index in [9.17, 15) is 9.59 Å². The monoisotopic (exact) mass is 312 g/mol. The molecule has 0 aliphatic rings. The summed E-state index contributed by atoms with van der Waals surface area (Å²) in [4.78, 5) is 26.9. The average Bonchev–Trinajstić information content (AvgIpc) is 2.52. The van der Waals surface area contributed by atoms with Crippen molar-refractivity contribution in [1.29, 1.82) is 0 Å². The van der Waals surface area contributed by atoms with Crippen LogP contribution in [-0.2, 0) is 13.0 Å². The Balaban J connectivity index is 2.01. The van der Waals surface area contributed by atoms with Gasteiger partial charge in [0.2, 0.25) is 0 Å². The molecule has 0 unspecified atom stereocenters. The lowest BCUT2D eigenvalue weighted by Crippen LogP contribution is -2.27. The predicted octanol–water partition coefficient (Wildman–Crippen LogP) is 3.26. The fourth-order valence-electron chi connectivity index (χ4n) is 2.58. The second-order valence-corrected chi connectivity index (χ2v) is 5.93. The van der Waals surface area contributed by atoms with Crippen LogP contribution < -0.4 is 10.9 Å². The Hall–Kier alpha value is -2.36. The number of carbonyl (C=O) groups excluding carboxylic acids is 1. The zero-order valence-corrected chi connectivity index (χ0v) is 14.0. The maximum Gasteiger partial charge on any atom is 0.253 e. The summed E-state index contributed by atoms with van der Waals surface area (Å²) in [6, 6.07) is 9.58. The molecular weight excluding hydrogens is 288 g/mol. The summed E-state index contributed by atoms with van der Waals surface area (Å²) in [7, 11) is 0. The molecule has 0 saturated carbocycles. The number of aryl methyl sites for hydroxylation is 3. The molecule has 0 aliphatic heterocycles. The minimum atomic E-state index is -0.161. The summed E-state index contributed by atoms with van der Waals surface area (Å²) in [5.41, 5.74) is 4.04. The first kappa shape index (κ1) is 17.0. The molecule has 0 saturated heterocycles. The fourth-order valence-corrected chi connectivity index (χ4v) is 2.58. The number of unbranched alkanes of at least 4 members (excludes halogenated alkanes) is 1. The Morgan fingerprint density at radius 1 is 1.17 bits per heavy atom. The quantitative estimate of drug-likeness (QED) is 0.860. The van der Waals surface area contributed by atoms with E-state index >= 15 is 0 Å². The summed E-state index contributed by atoms with van der Waals surface area (Å²) in [6.07, 6.45) is 3.35. The summed E-state index contributed by atoms with van der Waals surface area (Å²) in [5, 5.41) is 2.82. The van der Waals surface area contributed by atoms with Crippen molar-refractivity contribution in [3.63, 3.8) is 0 Å². The van der Waals surface area contributed by atoms with Gasteiger partial charge in [-0.2, -0.15) is 0 Å². The molecule has 122 valence electrons. The highest BCUT2D eigenvalue weighted by Gasteiger charge is 2.09. The number of hydrogen-bond acceptors (Lipinski definition) is 2. The zero-order chi connectivity index (χ0) is 16.8. The lowest BCUT2D eigenvalue weighted by Gasteiger charge is -2.09. The van der Waals surface area contributed by atoms with Gasteiger partial charge in [0.05, 0.1) is 0 Å². The van der Waals surface area contributed by atoms with E-state index in [1.807, 2.05) is 44.2 Å². The fraction of sp³-hybridized carbons (Fsp3) is 0.368. The highest BCUT2D eigenvalue weighted by atomic mass is 16.1. The molecule has 2 aromatic rings. The molecule has 2 N–H and O–H groups in total. The van der Waals surface area contributed by atoms with Crippen LogP contribution in [0.4, 0.5) is 0 Å². The van der Waals surface area contributed by atoms with E-state index in [1.165, 1.54) is 5.56 Å². The summed E-state index contributed by atoms with van der Waals surface area (Å²) >= 11 is 0. The van der Waals surface area contributed by atoms with E-state index in [4.69, 9.17) is 0 Å². The number of aromatic amines is 1. The molecule has 0 spiro atoms. The summed E-state index contributed by atoms with van der Waals surface area (Å²) < 4.78 is 0. The van der Waals surface area contributed by atoms with Gasteiger partial charge in [-0.3, -0.25) is 9.59 Å². The summed E-state index contributed by atoms with van der Waals surface area (Å²) in [5.74, 6) is -0.161. The van der Waals surface area contributed by atoms with Crippen LogP contribution >= 0.6 is 0 Å². The normalized spacial score (nSPS) is 10.6. The third kappa shape index (κ3) is 4.55. The lowest BCUT2D eigenvalue weighted by atomic mass is 10.1. The van der Waals surface area contributed by atoms with Crippen molar-refractivity contribution in [2.45, 2.75) is 46.6 Å². The number of carbonyl (C=O) groups is 1. The first-order valence-electron chi connectivity index (χ1n) is 8.07. The van der Waals surface area contributed by atoms with Gasteiger partial charge in [-0.15, -0.1) is 0 Å². The van der Waals surface area contributed by atoms with Gasteiger partial charge in [-0.05, 0) is 56.0 Å². The molecule has 4 heteroatoms. The van der Waals surface area contributed by atoms with E-state index in [0.29, 0.717) is 11.1 Å². The van der Waals surface area contributed by atoms with Gasteiger partial charge in [-0.25, -0.2) is 0 Å². The van der Waals surface area contributed by atoms with Gasteiger partial charge in [0.1, 0.15) is 0 Å². The van der Waals surface area contributed by atoms with Crippen LogP contribution in [0.25, 0.3) is 0 Å². The van der Waals surface area contributed by atoms with Crippen LogP contribution in [0.3, 0.4) is 0 Å². The lowest BCUT2D eigenvalue weighted by molar-refractivity contribution is 0.0950. The van der Waals surface area contributed by atoms with Crippen molar-refractivity contribution < 1.29 is 4.79 Å². The van der Waals surface area contributed by atoms with Crippen LogP contribution in [0.5, 0.6) is 0 Å². The maximum absolute atomic E-state index is 12.2. The first-order valence-corrected chi connectivity index (χ1v) is 8.07. The van der Waals surface area contributed by atoms with Gasteiger partial charge >= 0.3 is 0 Å². The van der Waals surface area contributed by atoms with Crippen molar-refractivity contribution >= 4 is 5.91 Å². The van der Waals surface area contributed by atoms with Crippen LogP contribution in [-0.4, -0.2) is 10.9 Å². The number of amides is 1. The Kier molecular flexibility index (Phi) is 5.74. The molecule has 0 atom stereocenters. The molecule has 1 aromatic heterocycles. The van der Waals surface area contributed by atoms with Crippen molar-refractivity contribution in [2.24, 2.45) is 0 Å². The SMILES string of the molecule is CCCCc1ccc(C(=O)NCc2c(C)cc(C)[nH]c2=O)cc1. The second-order valence-electron chi connectivity index (χ2n) is 5.93. The van der Waals surface area contributed by atoms with Crippen LogP contribution in [0.15, 0.2) is 35.1 Å². The molecule has 0 radical (unpaired) electrons. The van der Waals surface area contributed by atoms with E-state index in [2.05, 4.69) is 17.2 Å². The minimum absolute atomic E-state index is 0.141. The molecule has 23 heavy (non-hydrogen) atoms. The highest BCUT2D eigenvalue weighted by molar-refractivity contribution is 5.94. The van der Waals surface area contributed by atoms with E-state index in [-0.39, 0.29) is 18.0 Å². The number of benzene rings is 1. The predicted molar refractivity (Wildman–Crippen MR) is 92.8 cm³/mol. The number of aromatic nitrogens is 1. The Morgan fingerprint density at radius 3 is 2.48 bits per heavy atom. The van der Waals surface area contributed by atoms with Crippen molar-refractivity contribution in [3.8, 4) is 0 Å². The number of nitrogens with one attached hydrogen (secondary N) is 2. The van der Waals surface area contributed by atoms with Crippen molar-refractivity contribution in [3.05, 3.63) is 68.6 Å². The average molecular weight is 312 g/mol. The van der Waals surface area contributed by atoms with Crippen molar-refractivity contribution in [1.82, 2.24) is 10.3 Å². The molecule has 1 aromatic carbocycles. The molecule has 1 amide bonds. The van der Waals surface area contributed by atoms with E-state index < -0.39 is 0 Å². The number of rotatable bonds is 6. The molecular formula is C19H24N2O2. The van der Waals surface area contributed by atoms with Crippen molar-refractivity contribution in [2.75, 3.05) is 0 Å². The maximum atomic E-state index is 12.2. The third-order valence-electron chi connectivity index (χ3n) is 3.95. The minimum Gasteiger partial charge on any atom is -0.348 e. The first-order chi connectivity index (χ1) is 11.0. The largest absolute Gasteiger partial charge is 0.348 e. The number of hydrogen-bond donors (Lipinski definition) is 2. The summed E-state index contributed by atoms with van der Waals surface area (Å²) in [6.45, 7) is 6.12. The Morgan fingerprint density at radius 2 is 1.87 bits per heavy atom. The smallest absolute Gasteiger partial charge is 0.253 e. The molecule has 1 heterocycles. The molecule has 2 rings (SSSR count). The van der Waals surface area contributed by atoms with Crippen LogP contribution in [0.1, 0.15) is 52.5 Å². The Bertz CT molecular complexity index is 730. The third-order valence-corrected chi connectivity index (χ3v) is 3.95. The van der Waals surface area contributed by atoms with Crippen LogP contribution in [0, 0.1) is 13.8 Å². The molecule has 0 aliphatic carbocycles. The topological polar surface area (TPSA) is 62.0 Å². The standard InChI is InChI=1S/C19H24N2O2/c1-4-5-6-15-7-9-16(10-8-15)18(22)20-12-17-13(2)11-14(3)21-19(17)23/h7-11H,4-6,12H2,1-3H3,(H,20,22)(H,21,23). The molecule has 0 bridgehead atoms. The highest BCUT2D eigenvalue weighted by Crippen LogP contribution is 2.09. The number of pyridine rings is 1. The molecule has 4 nitrogen and oxygen atoms in total. The van der Waals surface area contributed by atoms with Gasteiger partial charge in [0.15, 0.2) is 0 Å². The van der Waals surface area contributed by atoms with E-state index in [1.54, 1.807) is 0 Å². The van der Waals surface area contributed by atoms with Gasteiger partial charge < -0.3 is 10.3 Å². The van der Waals surface area contributed by atoms with Gasteiger partial charge in [0.25, 0.3) is 11.5 Å². The van der Waals surface area contributed by atoms with Crippen LogP contribution in [0.2, 0.25) is 0 Å². The van der Waals surface area contributed by atoms with E-state index in [0.717, 1.165) is 30.5 Å². The number of H-pyrrole nitrogens is 1. The Labute approximate surface area is 137 Å². The second kappa shape index (κ2) is 7.77. The zero-order valence-electron chi connectivity index (χ0n) is 14.0.